The smallest absolute Gasteiger partial charge is 0.312 e. The van der Waals surface area contributed by atoms with Crippen molar-refractivity contribution in [1.82, 2.24) is 0 Å². The monoisotopic (exact) mass is 406 g/mol. The fourth-order valence-electron chi connectivity index (χ4n) is 2.99. The van der Waals surface area contributed by atoms with Gasteiger partial charge < -0.3 is 4.90 Å². The van der Waals surface area contributed by atoms with Crippen molar-refractivity contribution in [1.29, 1.82) is 0 Å². The summed E-state index contributed by atoms with van der Waals surface area (Å²) in [6, 6.07) is 6.47. The molecule has 1 aliphatic heterocycles. The summed E-state index contributed by atoms with van der Waals surface area (Å²) in [5.74, 6) is -0.387. The lowest BCUT2D eigenvalue weighted by Gasteiger charge is -2.21. The van der Waals surface area contributed by atoms with E-state index in [-0.39, 0.29) is 30.1 Å². The number of anilines is 1. The standard InChI is InChI=1S/C18H11ClF6NO/c19-14-4-1-3-13(18(23,24)25)16(14)10-7-11(17(20,21)22)9-12(8-10)26-6-2-5-15(26)27/h1,3,7-9H,2,5-6H2. The second-order valence-corrected chi connectivity index (χ2v) is 6.37. The summed E-state index contributed by atoms with van der Waals surface area (Å²) >= 11 is 5.86. The summed E-state index contributed by atoms with van der Waals surface area (Å²) in [5.41, 5.74) is -3.44. The molecule has 0 atom stereocenters. The molecular weight excluding hydrogens is 396 g/mol. The summed E-state index contributed by atoms with van der Waals surface area (Å²) < 4.78 is 80.0. The summed E-state index contributed by atoms with van der Waals surface area (Å²) in [5, 5.41) is -0.456. The highest BCUT2D eigenvalue weighted by molar-refractivity contribution is 6.33. The first-order chi connectivity index (χ1) is 12.5. The van der Waals surface area contributed by atoms with Crippen molar-refractivity contribution in [3.05, 3.63) is 52.5 Å². The van der Waals surface area contributed by atoms with Crippen LogP contribution in [0.5, 0.6) is 0 Å². The molecule has 2 aromatic carbocycles. The van der Waals surface area contributed by atoms with Crippen LogP contribution in [0.25, 0.3) is 11.1 Å². The SMILES string of the molecule is O=C1CCCN1c1cc(-c2c(Cl)[c]ccc2C(F)(F)F)cc(C(F)(F)F)c1. The molecule has 2 aromatic rings. The second kappa shape index (κ2) is 6.74. The number of carbonyl (C=O) groups excluding carboxylic acids is 1. The molecule has 0 saturated carbocycles. The number of hydrogen-bond donors (Lipinski definition) is 0. The van der Waals surface area contributed by atoms with E-state index in [1.807, 2.05) is 0 Å². The molecule has 1 fully saturated rings. The van der Waals surface area contributed by atoms with Crippen LogP contribution < -0.4 is 4.90 Å². The Morgan fingerprint density at radius 3 is 2.30 bits per heavy atom. The highest BCUT2D eigenvalue weighted by Crippen LogP contribution is 2.44. The molecule has 1 heterocycles. The third kappa shape index (κ3) is 3.90. The van der Waals surface area contributed by atoms with E-state index in [1.54, 1.807) is 0 Å². The number of amides is 1. The van der Waals surface area contributed by atoms with E-state index in [4.69, 9.17) is 11.6 Å². The molecule has 1 amide bonds. The van der Waals surface area contributed by atoms with E-state index in [1.165, 1.54) is 0 Å². The van der Waals surface area contributed by atoms with Crippen LogP contribution in [-0.2, 0) is 17.1 Å². The lowest BCUT2D eigenvalue weighted by molar-refractivity contribution is -0.137. The van der Waals surface area contributed by atoms with Crippen molar-refractivity contribution in [2.24, 2.45) is 0 Å². The van der Waals surface area contributed by atoms with Gasteiger partial charge >= 0.3 is 12.4 Å². The zero-order valence-electron chi connectivity index (χ0n) is 13.5. The molecule has 1 aliphatic rings. The highest BCUT2D eigenvalue weighted by Gasteiger charge is 2.37. The maximum atomic E-state index is 13.4. The Hall–Kier alpha value is -2.22. The van der Waals surface area contributed by atoms with Gasteiger partial charge in [0.05, 0.1) is 16.1 Å². The number of benzene rings is 2. The second-order valence-electron chi connectivity index (χ2n) is 5.99. The van der Waals surface area contributed by atoms with Crippen LogP contribution in [0.4, 0.5) is 32.0 Å². The molecule has 0 spiro atoms. The van der Waals surface area contributed by atoms with Gasteiger partial charge in [-0.3, -0.25) is 4.79 Å². The van der Waals surface area contributed by atoms with Crippen molar-refractivity contribution < 1.29 is 31.1 Å². The molecule has 1 saturated heterocycles. The van der Waals surface area contributed by atoms with Crippen LogP contribution in [0.15, 0.2) is 30.3 Å². The summed E-state index contributed by atoms with van der Waals surface area (Å²) in [4.78, 5) is 13.0. The Kier molecular flexibility index (Phi) is 4.88. The van der Waals surface area contributed by atoms with E-state index < -0.39 is 34.1 Å². The molecule has 0 unspecified atom stereocenters. The zero-order chi connectivity index (χ0) is 20.0. The first-order valence-electron chi connectivity index (χ1n) is 7.79. The molecule has 0 N–H and O–H groups in total. The van der Waals surface area contributed by atoms with Gasteiger partial charge in [0.25, 0.3) is 0 Å². The van der Waals surface area contributed by atoms with Crippen molar-refractivity contribution in [3.63, 3.8) is 0 Å². The first-order valence-corrected chi connectivity index (χ1v) is 8.16. The minimum absolute atomic E-state index is 0.115. The molecule has 0 bridgehead atoms. The van der Waals surface area contributed by atoms with Crippen LogP contribution in [0.2, 0.25) is 5.02 Å². The molecule has 0 aliphatic carbocycles. The van der Waals surface area contributed by atoms with E-state index >= 15 is 0 Å². The van der Waals surface area contributed by atoms with Gasteiger partial charge in [0, 0.05) is 30.3 Å². The lowest BCUT2D eigenvalue weighted by atomic mass is 9.96. The summed E-state index contributed by atoms with van der Waals surface area (Å²) in [6.07, 6.45) is -9.01. The Morgan fingerprint density at radius 1 is 1.04 bits per heavy atom. The van der Waals surface area contributed by atoms with E-state index in [9.17, 15) is 31.1 Å². The van der Waals surface area contributed by atoms with Crippen LogP contribution in [-0.4, -0.2) is 12.5 Å². The number of alkyl halides is 6. The number of hydrogen-bond acceptors (Lipinski definition) is 1. The van der Waals surface area contributed by atoms with Crippen LogP contribution in [0.1, 0.15) is 24.0 Å². The molecule has 9 heteroatoms. The van der Waals surface area contributed by atoms with Crippen molar-refractivity contribution in [3.8, 4) is 11.1 Å². The van der Waals surface area contributed by atoms with E-state index in [0.717, 1.165) is 23.1 Å². The van der Waals surface area contributed by atoms with Gasteiger partial charge in [-0.05, 0) is 36.2 Å². The summed E-state index contributed by atoms with van der Waals surface area (Å²) in [7, 11) is 0. The van der Waals surface area contributed by atoms with Crippen molar-refractivity contribution in [2.45, 2.75) is 25.2 Å². The van der Waals surface area contributed by atoms with E-state index in [2.05, 4.69) is 6.07 Å². The van der Waals surface area contributed by atoms with Gasteiger partial charge in [-0.1, -0.05) is 17.7 Å². The molecule has 3 rings (SSSR count). The van der Waals surface area contributed by atoms with Gasteiger partial charge in [-0.25, -0.2) is 0 Å². The van der Waals surface area contributed by atoms with E-state index in [0.29, 0.717) is 18.6 Å². The van der Waals surface area contributed by atoms with Crippen LogP contribution in [0, 0.1) is 6.07 Å². The Labute approximate surface area is 155 Å². The fourth-order valence-corrected chi connectivity index (χ4v) is 3.26. The maximum absolute atomic E-state index is 13.4. The molecule has 143 valence electrons. The molecule has 2 nitrogen and oxygen atoms in total. The van der Waals surface area contributed by atoms with Gasteiger partial charge in [0.15, 0.2) is 0 Å². The van der Waals surface area contributed by atoms with Crippen LogP contribution >= 0.6 is 11.6 Å². The van der Waals surface area contributed by atoms with Gasteiger partial charge in [-0.15, -0.1) is 0 Å². The first kappa shape index (κ1) is 19.5. The third-order valence-electron chi connectivity index (χ3n) is 4.17. The quantitative estimate of drug-likeness (QED) is 0.562. The Balaban J connectivity index is 2.27. The molecular formula is C18H11ClF6NO. The van der Waals surface area contributed by atoms with Crippen LogP contribution in [0.3, 0.4) is 0 Å². The number of carbonyl (C=O) groups is 1. The molecule has 27 heavy (non-hydrogen) atoms. The van der Waals surface area contributed by atoms with Gasteiger partial charge in [0.1, 0.15) is 0 Å². The molecule has 0 aromatic heterocycles. The largest absolute Gasteiger partial charge is 0.417 e. The number of halogens is 7. The topological polar surface area (TPSA) is 20.3 Å². The van der Waals surface area contributed by atoms with Crippen molar-refractivity contribution >= 4 is 23.2 Å². The van der Waals surface area contributed by atoms with Gasteiger partial charge in [-0.2, -0.15) is 26.3 Å². The maximum Gasteiger partial charge on any atom is 0.417 e. The van der Waals surface area contributed by atoms with Crippen molar-refractivity contribution in [2.75, 3.05) is 11.4 Å². The number of rotatable bonds is 2. The minimum Gasteiger partial charge on any atom is -0.312 e. The number of nitrogens with zero attached hydrogens (tertiary/aromatic N) is 1. The lowest BCUT2D eigenvalue weighted by Crippen LogP contribution is -2.24. The fraction of sp³-hybridized carbons (Fsp3) is 0.278. The normalized spacial score (nSPS) is 15.5. The van der Waals surface area contributed by atoms with Gasteiger partial charge in [0.2, 0.25) is 5.91 Å². The Morgan fingerprint density at radius 2 is 1.74 bits per heavy atom. The highest BCUT2D eigenvalue weighted by atomic mass is 35.5. The average molecular weight is 407 g/mol. The molecule has 1 radical (unpaired) electrons. The minimum atomic E-state index is -4.83. The zero-order valence-corrected chi connectivity index (χ0v) is 14.3. The average Bonchev–Trinajstić information content (AvgIpc) is 2.98. The predicted molar refractivity (Wildman–Crippen MR) is 87.3 cm³/mol. The third-order valence-corrected chi connectivity index (χ3v) is 4.47. The Bertz CT molecular complexity index is 890. The summed E-state index contributed by atoms with van der Waals surface area (Å²) in [6.45, 7) is 0.195. The predicted octanol–water partition coefficient (Wildman–Crippen LogP) is 5.97.